The third-order valence-electron chi connectivity index (χ3n) is 15.1. The van der Waals surface area contributed by atoms with Gasteiger partial charge in [0.1, 0.15) is 30.1 Å². The molecule has 3 fully saturated rings. The van der Waals surface area contributed by atoms with Crippen LogP contribution in [-0.2, 0) is 47.7 Å². The average Bonchev–Trinajstić information content (AvgIpc) is 3.88. The van der Waals surface area contributed by atoms with E-state index in [1.54, 1.807) is 45.9 Å². The molecule has 17 nitrogen and oxygen atoms in total. The van der Waals surface area contributed by atoms with E-state index < -0.39 is 77.8 Å². The van der Waals surface area contributed by atoms with Gasteiger partial charge in [-0.2, -0.15) is 4.80 Å². The zero-order chi connectivity index (χ0) is 50.6. The van der Waals surface area contributed by atoms with Gasteiger partial charge in [-0.3, -0.25) is 19.2 Å². The summed E-state index contributed by atoms with van der Waals surface area (Å²) in [5.41, 5.74) is 1.27. The molecular formula is C52H79N5O12. The van der Waals surface area contributed by atoms with Gasteiger partial charge >= 0.3 is 5.97 Å². The quantitative estimate of drug-likeness (QED) is 0.181. The number of tetrazole rings is 1. The number of ether oxygens (including phenoxy) is 5. The zero-order valence-corrected chi connectivity index (χ0v) is 42.5. The summed E-state index contributed by atoms with van der Waals surface area (Å²) >= 11 is 0. The summed E-state index contributed by atoms with van der Waals surface area (Å²) < 4.78 is 29.9. The molecule has 2 saturated heterocycles. The Kier molecular flexibility index (Phi) is 20.8. The highest BCUT2D eigenvalue weighted by molar-refractivity contribution is 6.39. The molecule has 1 amide bonds. The Morgan fingerprint density at radius 1 is 0.884 bits per heavy atom. The fourth-order valence-corrected chi connectivity index (χ4v) is 10.7. The Hall–Kier alpha value is -4.26. The van der Waals surface area contributed by atoms with Crippen LogP contribution in [-0.4, -0.2) is 141 Å². The highest BCUT2D eigenvalue weighted by atomic mass is 16.6. The average molecular weight is 966 g/mol. The van der Waals surface area contributed by atoms with Gasteiger partial charge in [0.05, 0.1) is 24.4 Å². The van der Waals surface area contributed by atoms with Crippen LogP contribution < -0.4 is 0 Å². The lowest BCUT2D eigenvalue weighted by Gasteiger charge is -2.42. The molecule has 1 aromatic heterocycles. The number of methoxy groups -OCH3 is 3. The number of aromatic nitrogens is 4. The molecule has 69 heavy (non-hydrogen) atoms. The van der Waals surface area contributed by atoms with E-state index >= 15 is 0 Å². The number of hydrogen-bond acceptors (Lipinski definition) is 15. The molecule has 1 aliphatic carbocycles. The topological polar surface area (TPSA) is 219 Å². The molecule has 0 radical (unpaired) electrons. The first kappa shape index (κ1) is 55.7. The van der Waals surface area contributed by atoms with E-state index in [-0.39, 0.29) is 60.9 Å². The zero-order valence-electron chi connectivity index (χ0n) is 42.5. The molecule has 17 heteroatoms. The number of amides is 1. The van der Waals surface area contributed by atoms with E-state index in [1.165, 1.54) is 18.3 Å². The minimum atomic E-state index is -2.43. The molecule has 0 aromatic carbocycles. The van der Waals surface area contributed by atoms with Crippen molar-refractivity contribution >= 4 is 29.2 Å². The van der Waals surface area contributed by atoms with E-state index in [9.17, 15) is 34.2 Å². The van der Waals surface area contributed by atoms with Crippen molar-refractivity contribution in [2.75, 3.05) is 27.9 Å². The second kappa shape index (κ2) is 25.7. The number of carbonyl (C=O) groups excluding carboxylic acids is 5. The number of piperidine rings is 1. The first-order chi connectivity index (χ1) is 32.8. The van der Waals surface area contributed by atoms with E-state index in [4.69, 9.17) is 23.7 Å². The van der Waals surface area contributed by atoms with Crippen LogP contribution in [0.3, 0.4) is 0 Å². The maximum absolute atomic E-state index is 14.5. The molecule has 384 valence electrons. The summed E-state index contributed by atoms with van der Waals surface area (Å²) in [5.74, 6) is -7.94. The maximum atomic E-state index is 14.5. The standard InChI is InChI=1S/C52H79N5O12/c1-31-16-12-11-13-17-32(2)43(65-8)28-39-21-19-37(7)52(64,69-39)49(61)50(62)56-23-15-14-18-41(56)51(63)68-44(34(4)26-38-20-22-40(45(27-38)66-9)57-54-30-53-55-57)29-42(58)33(3)25-36(6)47(60)48(67-10)46(59)35(5)24-31/h11-13,16-17,25,30-31,33-35,37-41,43-45,47-48,60,64H,14-15,18-24,26-29H2,1-10H3/b13-11+,16-12+,32-17+,36-25+/t31-,33-,34-,35?,37-,38?,39+,40+,41+,43+,44+,45?,47-,48?,52-/m1/s1. The number of carbonyl (C=O) groups is 5. The second-order valence-electron chi connectivity index (χ2n) is 20.3. The minimum absolute atomic E-state index is 0.0168. The predicted octanol–water partition coefficient (Wildman–Crippen LogP) is 6.05. The van der Waals surface area contributed by atoms with Crippen LogP contribution in [0.2, 0.25) is 0 Å². The van der Waals surface area contributed by atoms with Crippen molar-refractivity contribution in [2.45, 2.75) is 180 Å². The summed E-state index contributed by atoms with van der Waals surface area (Å²) in [6.45, 7) is 12.8. The molecule has 2 bridgehead atoms. The molecule has 2 N–H and O–H groups in total. The highest BCUT2D eigenvalue weighted by Gasteiger charge is 2.53. The lowest BCUT2D eigenvalue weighted by Crippen LogP contribution is -2.61. The number of fused-ring (bicyclic) bond motifs is 3. The summed E-state index contributed by atoms with van der Waals surface area (Å²) in [7, 11) is 4.61. The summed E-state index contributed by atoms with van der Waals surface area (Å²) in [5, 5.41) is 35.7. The Morgan fingerprint density at radius 3 is 2.32 bits per heavy atom. The molecule has 0 spiro atoms. The largest absolute Gasteiger partial charge is 0.460 e. The number of allylic oxidation sites excluding steroid dienone is 6. The van der Waals surface area contributed by atoms with Crippen LogP contribution in [0, 0.1) is 35.5 Å². The Labute approximate surface area is 408 Å². The van der Waals surface area contributed by atoms with Crippen molar-refractivity contribution < 1.29 is 57.9 Å². The number of nitrogens with zero attached hydrogens (tertiary/aromatic N) is 5. The molecular weight excluding hydrogens is 887 g/mol. The molecule has 1 aromatic rings. The third kappa shape index (κ3) is 14.2. The fraction of sp³-hybridized carbons (Fsp3) is 0.731. The van der Waals surface area contributed by atoms with E-state index in [0.717, 1.165) is 18.4 Å². The molecule has 4 unspecified atom stereocenters. The van der Waals surface area contributed by atoms with Crippen molar-refractivity contribution in [3.63, 3.8) is 0 Å². The van der Waals surface area contributed by atoms with Gasteiger partial charge in [0.25, 0.3) is 11.7 Å². The van der Waals surface area contributed by atoms with Gasteiger partial charge in [0.2, 0.25) is 5.79 Å². The van der Waals surface area contributed by atoms with Gasteiger partial charge in [0.15, 0.2) is 12.1 Å². The minimum Gasteiger partial charge on any atom is -0.460 e. The van der Waals surface area contributed by atoms with Crippen molar-refractivity contribution in [1.82, 2.24) is 25.1 Å². The highest BCUT2D eigenvalue weighted by Crippen LogP contribution is 2.39. The number of cyclic esters (lactones) is 1. The van der Waals surface area contributed by atoms with Crippen LogP contribution in [0.15, 0.2) is 53.9 Å². The molecule has 4 heterocycles. The van der Waals surface area contributed by atoms with Crippen LogP contribution in [0.1, 0.15) is 132 Å². The lowest BCUT2D eigenvalue weighted by atomic mass is 9.77. The molecule has 1 saturated carbocycles. The fourth-order valence-electron chi connectivity index (χ4n) is 10.7. The Morgan fingerprint density at radius 2 is 1.64 bits per heavy atom. The maximum Gasteiger partial charge on any atom is 0.329 e. The van der Waals surface area contributed by atoms with Gasteiger partial charge in [-0.05, 0) is 112 Å². The Bertz CT molecular complexity index is 2020. The van der Waals surface area contributed by atoms with Crippen LogP contribution in [0.5, 0.6) is 0 Å². The van der Waals surface area contributed by atoms with Crippen molar-refractivity contribution in [3.8, 4) is 0 Å². The molecule has 3 aliphatic heterocycles. The normalized spacial score (nSPS) is 38.8. The SMILES string of the molecule is COC1C(=O)C(C)C[C@H](C)/C=C/C=C/C=C(\C)[C@@H](OC)C[C@@H]2CC[C@@H](C)[C@@](O)(O2)C(=O)C(=O)N2CCCC[C@H]2C(=O)O[C@H]([C@H](C)CC2CC[C@H](n3ncnn3)C(OC)C2)CC(=O)[C@H](C)/C=C(\C)[C@H]1O. The van der Waals surface area contributed by atoms with Gasteiger partial charge in [-0.1, -0.05) is 71.1 Å². The summed E-state index contributed by atoms with van der Waals surface area (Å²) in [4.78, 5) is 73.9. The van der Waals surface area contributed by atoms with Crippen LogP contribution in [0.25, 0.3) is 0 Å². The first-order valence-corrected chi connectivity index (χ1v) is 25.0. The van der Waals surface area contributed by atoms with Crippen LogP contribution in [0.4, 0.5) is 0 Å². The lowest BCUT2D eigenvalue weighted by molar-refractivity contribution is -0.265. The van der Waals surface area contributed by atoms with Gasteiger partial charge < -0.3 is 38.8 Å². The monoisotopic (exact) mass is 966 g/mol. The van der Waals surface area contributed by atoms with Crippen molar-refractivity contribution in [3.05, 3.63) is 53.9 Å². The predicted molar refractivity (Wildman–Crippen MR) is 256 cm³/mol. The van der Waals surface area contributed by atoms with Crippen molar-refractivity contribution in [2.24, 2.45) is 35.5 Å². The number of esters is 1. The Balaban J connectivity index is 1.46. The smallest absolute Gasteiger partial charge is 0.329 e. The number of hydrogen-bond donors (Lipinski definition) is 2. The van der Waals surface area contributed by atoms with E-state index in [2.05, 4.69) is 15.4 Å². The number of rotatable bonds is 7. The summed E-state index contributed by atoms with van der Waals surface area (Å²) in [6, 6.07) is -1.24. The van der Waals surface area contributed by atoms with Gasteiger partial charge in [0, 0.05) is 58.5 Å². The first-order valence-electron chi connectivity index (χ1n) is 25.0. The van der Waals surface area contributed by atoms with E-state index in [1.807, 2.05) is 58.1 Å². The number of ketones is 3. The third-order valence-corrected chi connectivity index (χ3v) is 15.1. The van der Waals surface area contributed by atoms with Gasteiger partial charge in [-0.15, -0.1) is 10.2 Å². The number of aliphatic hydroxyl groups is 2. The van der Waals surface area contributed by atoms with Crippen molar-refractivity contribution in [1.29, 1.82) is 0 Å². The molecule has 5 rings (SSSR count). The number of Topliss-reactive ketones (excluding diaryl/α,β-unsaturated/α-hetero) is 3. The van der Waals surface area contributed by atoms with E-state index in [0.29, 0.717) is 56.9 Å². The molecule has 4 aliphatic rings. The molecule has 15 atom stereocenters. The number of aliphatic hydroxyl groups excluding tert-OH is 1. The second-order valence-corrected chi connectivity index (χ2v) is 20.3. The summed E-state index contributed by atoms with van der Waals surface area (Å²) in [6.07, 6.45) is 13.7. The van der Waals surface area contributed by atoms with Crippen LogP contribution >= 0.6 is 0 Å². The van der Waals surface area contributed by atoms with Gasteiger partial charge in [-0.25, -0.2) is 4.79 Å².